The fraction of sp³-hybridized carbons (Fsp3) is 0.520. The molecule has 2 atom stereocenters. The summed E-state index contributed by atoms with van der Waals surface area (Å²) in [5, 5.41) is 0.536. The number of allylic oxidation sites excluding steroid dienone is 2. The van der Waals surface area contributed by atoms with Crippen LogP contribution in [0.15, 0.2) is 39.1 Å². The molecule has 0 aliphatic carbocycles. The average Bonchev–Trinajstić information content (AvgIpc) is 2.91. The Bertz CT molecular complexity index is 1030. The van der Waals surface area contributed by atoms with Crippen molar-refractivity contribution in [3.63, 3.8) is 0 Å². The lowest BCUT2D eigenvalue weighted by molar-refractivity contribution is -0.119. The van der Waals surface area contributed by atoms with E-state index in [2.05, 4.69) is 19.9 Å². The molecule has 0 saturated heterocycles. The first kappa shape index (κ1) is 22.1. The Kier molecular flexibility index (Phi) is 6.39. The van der Waals surface area contributed by atoms with E-state index in [1.165, 1.54) is 0 Å². The molecule has 0 fully saturated rings. The van der Waals surface area contributed by atoms with E-state index in [0.717, 1.165) is 18.4 Å². The largest absolute Gasteiger partial charge is 0.497 e. The number of methoxy groups -OCH3 is 1. The molecule has 0 spiro atoms. The lowest BCUT2D eigenvalue weighted by Gasteiger charge is -2.27. The molecule has 0 radical (unpaired) electrons. The van der Waals surface area contributed by atoms with Gasteiger partial charge in [-0.15, -0.1) is 0 Å². The van der Waals surface area contributed by atoms with Crippen molar-refractivity contribution < 1.29 is 18.7 Å². The standard InChI is InChI=1S/C25H32O5/c1-15(2)12-18(26)13-16(3)8-7-11-25(5)17(4)22-23(27)20-10-9-19(28-6)14-21(20)29-24(22)30-25/h8-10,14-15,17H,7,11-13H2,1-6H3/b16-8+/t17-,25-/m0/s1. The molecule has 2 heterocycles. The molecule has 1 aromatic carbocycles. The van der Waals surface area contributed by atoms with Crippen LogP contribution < -0.4 is 14.9 Å². The van der Waals surface area contributed by atoms with Gasteiger partial charge in [-0.25, -0.2) is 0 Å². The van der Waals surface area contributed by atoms with Gasteiger partial charge in [-0.05, 0) is 44.7 Å². The minimum Gasteiger partial charge on any atom is -0.497 e. The van der Waals surface area contributed by atoms with Crippen molar-refractivity contribution in [2.75, 3.05) is 7.11 Å². The average molecular weight is 413 g/mol. The Hall–Kier alpha value is -2.56. The summed E-state index contributed by atoms with van der Waals surface area (Å²) in [6.07, 6.45) is 4.73. The zero-order valence-corrected chi connectivity index (χ0v) is 18.8. The molecule has 0 amide bonds. The van der Waals surface area contributed by atoms with E-state index in [0.29, 0.717) is 47.0 Å². The highest BCUT2D eigenvalue weighted by molar-refractivity contribution is 5.81. The molecule has 3 rings (SSSR count). The van der Waals surface area contributed by atoms with Crippen molar-refractivity contribution in [2.24, 2.45) is 5.92 Å². The van der Waals surface area contributed by atoms with Gasteiger partial charge >= 0.3 is 0 Å². The Balaban J connectivity index is 1.76. The first-order valence-electron chi connectivity index (χ1n) is 10.7. The summed E-state index contributed by atoms with van der Waals surface area (Å²) in [5.74, 6) is 1.51. The molecule has 2 aromatic rings. The highest BCUT2D eigenvalue weighted by atomic mass is 16.6. The minimum absolute atomic E-state index is 0.0452. The SMILES string of the molecule is COc1ccc2c(=O)c3c(oc2c1)O[C@@](C)(CC/C=C(\C)CC(=O)CC(C)C)[C@H]3C. The summed E-state index contributed by atoms with van der Waals surface area (Å²) in [6, 6.07) is 5.21. The normalized spacial score (nSPS) is 21.0. The number of carbonyl (C=O) groups excluding carboxylic acids is 1. The molecule has 162 valence electrons. The summed E-state index contributed by atoms with van der Waals surface area (Å²) >= 11 is 0. The van der Waals surface area contributed by atoms with Crippen LogP contribution in [0.25, 0.3) is 11.0 Å². The quantitative estimate of drug-likeness (QED) is 0.514. The predicted molar refractivity (Wildman–Crippen MR) is 119 cm³/mol. The van der Waals surface area contributed by atoms with Crippen LogP contribution in [0.5, 0.6) is 11.7 Å². The summed E-state index contributed by atoms with van der Waals surface area (Å²) < 4.78 is 17.4. The number of carbonyl (C=O) groups is 1. The van der Waals surface area contributed by atoms with E-state index < -0.39 is 5.60 Å². The number of rotatable bonds is 8. The number of ketones is 1. The highest BCUT2D eigenvalue weighted by Gasteiger charge is 2.45. The second kappa shape index (κ2) is 8.66. The number of ether oxygens (including phenoxy) is 2. The summed E-state index contributed by atoms with van der Waals surface area (Å²) in [7, 11) is 1.58. The van der Waals surface area contributed by atoms with Gasteiger partial charge in [0.25, 0.3) is 5.95 Å². The molecular weight excluding hydrogens is 380 g/mol. The fourth-order valence-corrected chi connectivity index (χ4v) is 4.13. The van der Waals surface area contributed by atoms with E-state index in [1.54, 1.807) is 25.3 Å². The molecule has 1 aliphatic heterocycles. The van der Waals surface area contributed by atoms with Crippen LogP contribution in [0.2, 0.25) is 0 Å². The zero-order valence-electron chi connectivity index (χ0n) is 18.8. The van der Waals surface area contributed by atoms with E-state index in [-0.39, 0.29) is 17.1 Å². The Morgan fingerprint density at radius 3 is 2.73 bits per heavy atom. The maximum absolute atomic E-state index is 13.1. The van der Waals surface area contributed by atoms with E-state index in [9.17, 15) is 9.59 Å². The number of fused-ring (bicyclic) bond motifs is 2. The zero-order chi connectivity index (χ0) is 22.1. The van der Waals surface area contributed by atoms with Crippen LogP contribution in [0.1, 0.15) is 71.8 Å². The molecule has 30 heavy (non-hydrogen) atoms. The molecule has 0 saturated carbocycles. The predicted octanol–water partition coefficient (Wildman–Crippen LogP) is 5.79. The second-order valence-corrected chi connectivity index (χ2v) is 9.03. The van der Waals surface area contributed by atoms with Crippen molar-refractivity contribution in [1.82, 2.24) is 0 Å². The fourth-order valence-electron chi connectivity index (χ4n) is 4.13. The van der Waals surface area contributed by atoms with Crippen LogP contribution in [-0.2, 0) is 4.79 Å². The maximum Gasteiger partial charge on any atom is 0.293 e. The van der Waals surface area contributed by atoms with Crippen molar-refractivity contribution in [3.05, 3.63) is 45.6 Å². The monoisotopic (exact) mass is 412 g/mol. The molecule has 0 unspecified atom stereocenters. The lowest BCUT2D eigenvalue weighted by atomic mass is 9.83. The van der Waals surface area contributed by atoms with Crippen LogP contribution in [0.4, 0.5) is 0 Å². The van der Waals surface area contributed by atoms with Crippen LogP contribution in [0.3, 0.4) is 0 Å². The van der Waals surface area contributed by atoms with Gasteiger partial charge < -0.3 is 13.9 Å². The first-order chi connectivity index (χ1) is 14.1. The number of Topliss-reactive ketones (excluding diaryl/α,β-unsaturated/α-hetero) is 1. The lowest BCUT2D eigenvalue weighted by Crippen LogP contribution is -2.33. The first-order valence-corrected chi connectivity index (χ1v) is 10.7. The third kappa shape index (κ3) is 4.45. The molecule has 0 bridgehead atoms. The van der Waals surface area contributed by atoms with Crippen molar-refractivity contribution in [1.29, 1.82) is 0 Å². The van der Waals surface area contributed by atoms with Gasteiger partial charge in [0, 0.05) is 24.8 Å². The van der Waals surface area contributed by atoms with Crippen molar-refractivity contribution in [3.8, 4) is 11.7 Å². The van der Waals surface area contributed by atoms with Crippen LogP contribution in [-0.4, -0.2) is 18.5 Å². The molecule has 5 nitrogen and oxygen atoms in total. The third-order valence-electron chi connectivity index (χ3n) is 6.02. The van der Waals surface area contributed by atoms with Gasteiger partial charge in [-0.1, -0.05) is 32.4 Å². The molecule has 5 heteroatoms. The smallest absolute Gasteiger partial charge is 0.293 e. The van der Waals surface area contributed by atoms with E-state index in [1.807, 2.05) is 20.8 Å². The molecule has 0 N–H and O–H groups in total. The molecule has 1 aromatic heterocycles. The van der Waals surface area contributed by atoms with Gasteiger partial charge in [-0.2, -0.15) is 0 Å². The third-order valence-corrected chi connectivity index (χ3v) is 6.02. The van der Waals surface area contributed by atoms with Crippen LogP contribution in [0, 0.1) is 5.92 Å². The number of hydrogen-bond acceptors (Lipinski definition) is 5. The summed E-state index contributed by atoms with van der Waals surface area (Å²) in [4.78, 5) is 25.1. The second-order valence-electron chi connectivity index (χ2n) is 9.03. The van der Waals surface area contributed by atoms with Gasteiger partial charge in [0.05, 0.1) is 18.1 Å². The van der Waals surface area contributed by atoms with E-state index in [4.69, 9.17) is 13.9 Å². The van der Waals surface area contributed by atoms with Gasteiger partial charge in [0.15, 0.2) is 5.43 Å². The minimum atomic E-state index is -0.537. The van der Waals surface area contributed by atoms with Gasteiger partial charge in [-0.3, -0.25) is 9.59 Å². The van der Waals surface area contributed by atoms with Crippen molar-refractivity contribution >= 4 is 16.8 Å². The molecular formula is C25H32O5. The Morgan fingerprint density at radius 1 is 1.33 bits per heavy atom. The number of hydrogen-bond donors (Lipinski definition) is 0. The topological polar surface area (TPSA) is 65.7 Å². The maximum atomic E-state index is 13.1. The summed E-state index contributed by atoms with van der Waals surface area (Å²) in [6.45, 7) is 10.2. The Labute approximate surface area is 178 Å². The highest BCUT2D eigenvalue weighted by Crippen LogP contribution is 2.46. The summed E-state index contributed by atoms with van der Waals surface area (Å²) in [5.41, 5.74) is 1.57. The Morgan fingerprint density at radius 2 is 2.07 bits per heavy atom. The number of benzene rings is 1. The van der Waals surface area contributed by atoms with Crippen molar-refractivity contribution in [2.45, 2.75) is 71.8 Å². The molecule has 1 aliphatic rings. The van der Waals surface area contributed by atoms with Gasteiger partial charge in [0.2, 0.25) is 0 Å². The van der Waals surface area contributed by atoms with Crippen LogP contribution >= 0.6 is 0 Å². The van der Waals surface area contributed by atoms with Gasteiger partial charge in [0.1, 0.15) is 22.7 Å². The van der Waals surface area contributed by atoms with E-state index >= 15 is 0 Å².